The summed E-state index contributed by atoms with van der Waals surface area (Å²) >= 11 is 6.05. The minimum absolute atomic E-state index is 0.0492. The van der Waals surface area contributed by atoms with Crippen LogP contribution in [0.3, 0.4) is 0 Å². The smallest absolute Gasteiger partial charge is 0.244 e. The summed E-state index contributed by atoms with van der Waals surface area (Å²) in [6, 6.07) is 14.1. The van der Waals surface area contributed by atoms with Gasteiger partial charge in [0.2, 0.25) is 11.8 Å². The topological polar surface area (TPSA) is 58.6 Å². The van der Waals surface area contributed by atoms with Crippen molar-refractivity contribution in [2.75, 3.05) is 16.8 Å². The maximum atomic E-state index is 12.4. The first-order valence-electron chi connectivity index (χ1n) is 7.96. The molecule has 0 radical (unpaired) electrons. The second-order valence-electron chi connectivity index (χ2n) is 5.77. The molecule has 0 atom stereocenters. The number of nitrogens with one attached hydrogen (secondary N) is 1. The van der Waals surface area contributed by atoms with Crippen molar-refractivity contribution in [2.45, 2.75) is 26.9 Å². The van der Waals surface area contributed by atoms with Crippen molar-refractivity contribution in [1.82, 2.24) is 0 Å². The summed E-state index contributed by atoms with van der Waals surface area (Å²) < 4.78 is 5.75. The summed E-state index contributed by atoms with van der Waals surface area (Å²) in [6.45, 7) is 5.08. The van der Waals surface area contributed by atoms with Gasteiger partial charge >= 0.3 is 0 Å². The van der Waals surface area contributed by atoms with Gasteiger partial charge < -0.3 is 10.1 Å². The Balaban J connectivity index is 2.21. The van der Waals surface area contributed by atoms with E-state index in [2.05, 4.69) is 5.32 Å². The largest absolute Gasteiger partial charge is 0.489 e. The molecule has 5 nitrogen and oxygen atoms in total. The van der Waals surface area contributed by atoms with E-state index in [1.807, 2.05) is 19.9 Å². The van der Waals surface area contributed by atoms with E-state index in [4.69, 9.17) is 16.3 Å². The summed E-state index contributed by atoms with van der Waals surface area (Å²) in [6.07, 6.45) is -0.0492. The van der Waals surface area contributed by atoms with Gasteiger partial charge in [0.05, 0.1) is 22.5 Å². The van der Waals surface area contributed by atoms with Crippen molar-refractivity contribution < 1.29 is 14.3 Å². The molecule has 0 aliphatic carbocycles. The van der Waals surface area contributed by atoms with Gasteiger partial charge in [0.25, 0.3) is 0 Å². The van der Waals surface area contributed by atoms with Crippen LogP contribution in [0.2, 0.25) is 5.02 Å². The van der Waals surface area contributed by atoms with Gasteiger partial charge in [-0.25, -0.2) is 0 Å². The number of carbonyl (C=O) groups excluding carboxylic acids is 2. The van der Waals surface area contributed by atoms with Crippen molar-refractivity contribution in [3.63, 3.8) is 0 Å². The number of hydrogen-bond donors (Lipinski definition) is 1. The zero-order valence-electron chi connectivity index (χ0n) is 14.5. The number of amides is 2. The highest BCUT2D eigenvalue weighted by atomic mass is 35.5. The van der Waals surface area contributed by atoms with E-state index in [9.17, 15) is 9.59 Å². The van der Waals surface area contributed by atoms with Crippen LogP contribution >= 0.6 is 11.6 Å². The SMILES string of the molecule is CC(=O)N(CC(=O)Nc1ccccc1Cl)c1ccccc1OC(C)C. The van der Waals surface area contributed by atoms with Crippen molar-refractivity contribution in [3.05, 3.63) is 53.6 Å². The summed E-state index contributed by atoms with van der Waals surface area (Å²) in [4.78, 5) is 25.9. The van der Waals surface area contributed by atoms with E-state index in [0.717, 1.165) is 0 Å². The standard InChI is InChI=1S/C19H21ClN2O3/c1-13(2)25-18-11-7-6-10-17(18)22(14(3)23)12-19(24)21-16-9-5-4-8-15(16)20/h4-11,13H,12H2,1-3H3,(H,21,24). The molecule has 0 aliphatic heterocycles. The molecule has 0 saturated carbocycles. The molecule has 0 saturated heterocycles. The number of rotatable bonds is 6. The number of anilines is 2. The van der Waals surface area contributed by atoms with Gasteiger partial charge in [0.1, 0.15) is 12.3 Å². The fraction of sp³-hybridized carbons (Fsp3) is 0.263. The zero-order chi connectivity index (χ0) is 18.4. The molecule has 1 N–H and O–H groups in total. The molecule has 0 bridgehead atoms. The van der Waals surface area contributed by atoms with Gasteiger partial charge in [-0.15, -0.1) is 0 Å². The van der Waals surface area contributed by atoms with E-state index in [1.54, 1.807) is 42.5 Å². The van der Waals surface area contributed by atoms with Gasteiger partial charge in [0.15, 0.2) is 0 Å². The molecule has 2 amide bonds. The Morgan fingerprint density at radius 3 is 2.40 bits per heavy atom. The third-order valence-electron chi connectivity index (χ3n) is 3.35. The van der Waals surface area contributed by atoms with Crippen LogP contribution in [-0.4, -0.2) is 24.5 Å². The average molecular weight is 361 g/mol. The Morgan fingerprint density at radius 2 is 1.76 bits per heavy atom. The Hall–Kier alpha value is -2.53. The highest BCUT2D eigenvalue weighted by Crippen LogP contribution is 2.29. The molecule has 0 unspecified atom stereocenters. The van der Waals surface area contributed by atoms with Crippen molar-refractivity contribution in [2.24, 2.45) is 0 Å². The van der Waals surface area contributed by atoms with E-state index in [-0.39, 0.29) is 24.5 Å². The lowest BCUT2D eigenvalue weighted by atomic mass is 10.2. The highest BCUT2D eigenvalue weighted by Gasteiger charge is 2.20. The first-order chi connectivity index (χ1) is 11.9. The molecular weight excluding hydrogens is 340 g/mol. The van der Waals surface area contributed by atoms with Crippen LogP contribution in [0.1, 0.15) is 20.8 Å². The van der Waals surface area contributed by atoms with Crippen molar-refractivity contribution >= 4 is 34.8 Å². The van der Waals surface area contributed by atoms with E-state index < -0.39 is 0 Å². The lowest BCUT2D eigenvalue weighted by Crippen LogP contribution is -2.37. The van der Waals surface area contributed by atoms with Crippen LogP contribution in [0.4, 0.5) is 11.4 Å². The maximum Gasteiger partial charge on any atom is 0.244 e. The molecule has 6 heteroatoms. The summed E-state index contributed by atoms with van der Waals surface area (Å²) in [5, 5.41) is 3.16. The fourth-order valence-electron chi connectivity index (χ4n) is 2.30. The first-order valence-corrected chi connectivity index (χ1v) is 8.34. The minimum Gasteiger partial charge on any atom is -0.489 e. The van der Waals surface area contributed by atoms with E-state index >= 15 is 0 Å². The van der Waals surface area contributed by atoms with Crippen LogP contribution in [0, 0.1) is 0 Å². The van der Waals surface area contributed by atoms with Gasteiger partial charge in [0, 0.05) is 6.92 Å². The second-order valence-corrected chi connectivity index (χ2v) is 6.17. The number of hydrogen-bond acceptors (Lipinski definition) is 3. The van der Waals surface area contributed by atoms with E-state index in [1.165, 1.54) is 11.8 Å². The summed E-state index contributed by atoms with van der Waals surface area (Å²) in [5.41, 5.74) is 1.06. The molecule has 2 aromatic carbocycles. The first kappa shape index (κ1) is 18.8. The summed E-state index contributed by atoms with van der Waals surface area (Å²) in [5.74, 6) is -0.0463. The quantitative estimate of drug-likeness (QED) is 0.843. The lowest BCUT2D eigenvalue weighted by molar-refractivity contribution is -0.120. The number of para-hydroxylation sites is 3. The van der Waals surface area contributed by atoms with Gasteiger partial charge in [-0.3, -0.25) is 14.5 Å². The van der Waals surface area contributed by atoms with Crippen LogP contribution in [0.15, 0.2) is 48.5 Å². The number of halogens is 1. The third kappa shape index (κ3) is 5.22. The Kier molecular flexibility index (Phi) is 6.42. The van der Waals surface area contributed by atoms with Crippen LogP contribution in [-0.2, 0) is 9.59 Å². The molecule has 2 rings (SSSR count). The fourth-order valence-corrected chi connectivity index (χ4v) is 2.48. The molecule has 2 aromatic rings. The summed E-state index contributed by atoms with van der Waals surface area (Å²) in [7, 11) is 0. The molecule has 0 fully saturated rings. The van der Waals surface area contributed by atoms with E-state index in [0.29, 0.717) is 22.1 Å². The van der Waals surface area contributed by atoms with Crippen molar-refractivity contribution in [3.8, 4) is 5.75 Å². The normalized spacial score (nSPS) is 10.4. The Bertz CT molecular complexity index is 762. The molecule has 0 heterocycles. The van der Waals surface area contributed by atoms with Crippen LogP contribution in [0.5, 0.6) is 5.75 Å². The Morgan fingerprint density at radius 1 is 1.12 bits per heavy atom. The molecule has 0 aromatic heterocycles. The minimum atomic E-state index is -0.345. The molecule has 132 valence electrons. The van der Waals surface area contributed by atoms with Crippen LogP contribution in [0.25, 0.3) is 0 Å². The number of benzene rings is 2. The van der Waals surface area contributed by atoms with Crippen molar-refractivity contribution in [1.29, 1.82) is 0 Å². The number of ether oxygens (including phenoxy) is 1. The van der Waals surface area contributed by atoms with Gasteiger partial charge in [-0.05, 0) is 38.1 Å². The monoisotopic (exact) mass is 360 g/mol. The molecule has 25 heavy (non-hydrogen) atoms. The molecular formula is C19H21ClN2O3. The lowest BCUT2D eigenvalue weighted by Gasteiger charge is -2.24. The average Bonchev–Trinajstić information content (AvgIpc) is 2.55. The predicted molar refractivity (Wildman–Crippen MR) is 100 cm³/mol. The molecule has 0 spiro atoms. The Labute approximate surface area is 152 Å². The maximum absolute atomic E-state index is 12.4. The van der Waals surface area contributed by atoms with Gasteiger partial charge in [-0.2, -0.15) is 0 Å². The molecule has 0 aliphatic rings. The number of nitrogens with zero attached hydrogens (tertiary/aromatic N) is 1. The van der Waals surface area contributed by atoms with Gasteiger partial charge in [-0.1, -0.05) is 35.9 Å². The van der Waals surface area contributed by atoms with Crippen LogP contribution < -0.4 is 15.0 Å². The third-order valence-corrected chi connectivity index (χ3v) is 3.68. The predicted octanol–water partition coefficient (Wildman–Crippen LogP) is 4.12. The zero-order valence-corrected chi connectivity index (χ0v) is 15.2. The second kappa shape index (κ2) is 8.53. The highest BCUT2D eigenvalue weighted by molar-refractivity contribution is 6.33. The number of carbonyl (C=O) groups is 2.